The highest BCUT2D eigenvalue weighted by molar-refractivity contribution is 7.46. The van der Waals surface area contributed by atoms with E-state index >= 15 is 0 Å². The summed E-state index contributed by atoms with van der Waals surface area (Å²) in [6.07, 6.45) is 1.16. The van der Waals surface area contributed by atoms with E-state index in [0.29, 0.717) is 0 Å². The monoisotopic (exact) mass is 263 g/mol. The molecule has 0 aliphatic heterocycles. The van der Waals surface area contributed by atoms with Crippen LogP contribution in [0.15, 0.2) is 6.20 Å². The van der Waals surface area contributed by atoms with E-state index < -0.39 is 26.0 Å². The summed E-state index contributed by atoms with van der Waals surface area (Å²) in [7, 11) is -4.67. The second-order valence-electron chi connectivity index (χ2n) is 3.38. The first-order valence-electron chi connectivity index (χ1n) is 4.57. The maximum atomic E-state index is 13.6. The van der Waals surface area contributed by atoms with Crippen LogP contribution in [0.4, 0.5) is 4.39 Å². The standard InChI is InChI=1S/C9H11FNO5P/c1-5-9(10)8(6(2)12)7(3-11-5)4-16-17(13,14)15/h3H,4H2,1-2H3,(H2,13,14,15). The summed E-state index contributed by atoms with van der Waals surface area (Å²) in [6.45, 7) is 1.96. The Bertz CT molecular complexity index is 498. The summed E-state index contributed by atoms with van der Waals surface area (Å²) in [6, 6.07) is 0. The first-order chi connectivity index (χ1) is 7.72. The molecule has 1 rings (SSSR count). The molecule has 1 heterocycles. The van der Waals surface area contributed by atoms with Crippen molar-refractivity contribution in [2.45, 2.75) is 20.5 Å². The lowest BCUT2D eigenvalue weighted by molar-refractivity contribution is 0.100. The van der Waals surface area contributed by atoms with Gasteiger partial charge in [-0.3, -0.25) is 14.3 Å². The van der Waals surface area contributed by atoms with Crippen molar-refractivity contribution in [2.75, 3.05) is 0 Å². The molecular formula is C9H11FNO5P. The van der Waals surface area contributed by atoms with Crippen molar-refractivity contribution in [3.8, 4) is 0 Å². The van der Waals surface area contributed by atoms with Crippen LogP contribution < -0.4 is 0 Å². The van der Waals surface area contributed by atoms with Gasteiger partial charge in [0.25, 0.3) is 0 Å². The molecule has 0 aromatic carbocycles. The molecule has 0 radical (unpaired) electrons. The molecule has 0 unspecified atom stereocenters. The molecule has 0 aliphatic carbocycles. The zero-order chi connectivity index (χ0) is 13.2. The van der Waals surface area contributed by atoms with Crippen LogP contribution in [0, 0.1) is 12.7 Å². The molecule has 1 aromatic rings. The molecule has 94 valence electrons. The number of hydrogen-bond donors (Lipinski definition) is 2. The van der Waals surface area contributed by atoms with Crippen LogP contribution in [-0.2, 0) is 15.7 Å². The predicted octanol–water partition coefficient (Wildman–Crippen LogP) is 1.34. The number of nitrogens with zero attached hydrogens (tertiary/aromatic N) is 1. The molecule has 0 amide bonds. The summed E-state index contributed by atoms with van der Waals surface area (Å²) >= 11 is 0. The molecule has 0 aliphatic rings. The Labute approximate surface area is 96.7 Å². The van der Waals surface area contributed by atoms with E-state index in [4.69, 9.17) is 9.79 Å². The van der Waals surface area contributed by atoms with Gasteiger partial charge in [-0.25, -0.2) is 8.96 Å². The van der Waals surface area contributed by atoms with Gasteiger partial charge in [-0.2, -0.15) is 0 Å². The van der Waals surface area contributed by atoms with E-state index in [1.807, 2.05) is 0 Å². The van der Waals surface area contributed by atoms with E-state index in [1.165, 1.54) is 6.92 Å². The Morgan fingerprint density at radius 1 is 1.59 bits per heavy atom. The number of rotatable bonds is 4. The number of pyridine rings is 1. The van der Waals surface area contributed by atoms with Crippen LogP contribution in [-0.4, -0.2) is 20.6 Å². The van der Waals surface area contributed by atoms with E-state index in [9.17, 15) is 13.8 Å². The molecule has 0 atom stereocenters. The number of phosphoric ester groups is 1. The van der Waals surface area contributed by atoms with Crippen molar-refractivity contribution >= 4 is 13.6 Å². The minimum atomic E-state index is -4.67. The van der Waals surface area contributed by atoms with E-state index in [0.717, 1.165) is 13.1 Å². The highest BCUT2D eigenvalue weighted by Gasteiger charge is 2.20. The molecule has 8 heteroatoms. The van der Waals surface area contributed by atoms with Crippen molar-refractivity contribution in [1.82, 2.24) is 4.98 Å². The fourth-order valence-electron chi connectivity index (χ4n) is 1.26. The van der Waals surface area contributed by atoms with Gasteiger partial charge in [-0.05, 0) is 13.8 Å². The molecule has 6 nitrogen and oxygen atoms in total. The minimum Gasteiger partial charge on any atom is -0.303 e. The third-order valence-corrected chi connectivity index (χ3v) is 2.48. The number of aryl methyl sites for hydroxylation is 1. The van der Waals surface area contributed by atoms with E-state index in [2.05, 4.69) is 9.51 Å². The topological polar surface area (TPSA) is 96.7 Å². The first kappa shape index (κ1) is 13.9. The summed E-state index contributed by atoms with van der Waals surface area (Å²) in [5.74, 6) is -1.36. The van der Waals surface area contributed by atoms with Crippen molar-refractivity contribution < 1.29 is 28.1 Å². The lowest BCUT2D eigenvalue weighted by atomic mass is 10.1. The van der Waals surface area contributed by atoms with Crippen molar-refractivity contribution in [2.24, 2.45) is 0 Å². The van der Waals surface area contributed by atoms with Crippen LogP contribution in [0.5, 0.6) is 0 Å². The zero-order valence-electron chi connectivity index (χ0n) is 9.18. The third kappa shape index (κ3) is 3.67. The van der Waals surface area contributed by atoms with Gasteiger partial charge >= 0.3 is 7.82 Å². The van der Waals surface area contributed by atoms with Crippen LogP contribution >= 0.6 is 7.82 Å². The van der Waals surface area contributed by atoms with Gasteiger partial charge < -0.3 is 9.79 Å². The number of carbonyl (C=O) groups is 1. The number of halogens is 1. The van der Waals surface area contributed by atoms with Crippen LogP contribution in [0.2, 0.25) is 0 Å². The molecule has 0 saturated heterocycles. The molecule has 0 spiro atoms. The average molecular weight is 263 g/mol. The number of hydrogen-bond acceptors (Lipinski definition) is 4. The van der Waals surface area contributed by atoms with Gasteiger partial charge in [0.05, 0.1) is 17.9 Å². The lowest BCUT2D eigenvalue weighted by Crippen LogP contribution is -2.08. The molecule has 2 N–H and O–H groups in total. The summed E-state index contributed by atoms with van der Waals surface area (Å²) in [5, 5.41) is 0. The van der Waals surface area contributed by atoms with Crippen molar-refractivity contribution in [1.29, 1.82) is 0 Å². The van der Waals surface area contributed by atoms with Gasteiger partial charge in [-0.15, -0.1) is 0 Å². The van der Waals surface area contributed by atoms with Crippen LogP contribution in [0.1, 0.15) is 28.5 Å². The second-order valence-corrected chi connectivity index (χ2v) is 4.62. The van der Waals surface area contributed by atoms with Crippen molar-refractivity contribution in [3.05, 3.63) is 28.8 Å². The Morgan fingerprint density at radius 2 is 2.18 bits per heavy atom. The van der Waals surface area contributed by atoms with E-state index in [-0.39, 0.29) is 16.8 Å². The second kappa shape index (κ2) is 5.01. The maximum absolute atomic E-state index is 13.6. The van der Waals surface area contributed by atoms with Gasteiger partial charge in [0.1, 0.15) is 0 Å². The Morgan fingerprint density at radius 3 is 2.65 bits per heavy atom. The first-order valence-corrected chi connectivity index (χ1v) is 6.10. The smallest absolute Gasteiger partial charge is 0.303 e. The average Bonchev–Trinajstić information content (AvgIpc) is 2.18. The molecule has 17 heavy (non-hydrogen) atoms. The highest BCUT2D eigenvalue weighted by atomic mass is 31.2. The summed E-state index contributed by atoms with van der Waals surface area (Å²) < 4.78 is 28.3. The molecular weight excluding hydrogens is 252 g/mol. The quantitative estimate of drug-likeness (QED) is 0.628. The van der Waals surface area contributed by atoms with Crippen LogP contribution in [0.25, 0.3) is 0 Å². The van der Waals surface area contributed by atoms with E-state index in [1.54, 1.807) is 0 Å². The van der Waals surface area contributed by atoms with Gasteiger partial charge in [0.15, 0.2) is 11.6 Å². The Balaban J connectivity index is 3.12. The fraction of sp³-hybridized carbons (Fsp3) is 0.333. The SMILES string of the molecule is CC(=O)c1c(COP(=O)(O)O)cnc(C)c1F. The maximum Gasteiger partial charge on any atom is 0.469 e. The third-order valence-electron chi connectivity index (χ3n) is 2.01. The minimum absolute atomic E-state index is 0.00363. The van der Waals surface area contributed by atoms with Crippen LogP contribution in [0.3, 0.4) is 0 Å². The van der Waals surface area contributed by atoms with Crippen molar-refractivity contribution in [3.63, 3.8) is 0 Å². The lowest BCUT2D eigenvalue weighted by Gasteiger charge is -2.10. The summed E-state index contributed by atoms with van der Waals surface area (Å²) in [5.41, 5.74) is -0.218. The number of Topliss-reactive ketones (excluding diaryl/α,β-unsaturated/α-hetero) is 1. The molecule has 0 fully saturated rings. The molecule has 1 aromatic heterocycles. The number of aromatic nitrogens is 1. The summed E-state index contributed by atoms with van der Waals surface area (Å²) in [4.78, 5) is 32.0. The normalized spacial score (nSPS) is 11.6. The fourth-order valence-corrected chi connectivity index (χ4v) is 1.57. The van der Waals surface area contributed by atoms with Gasteiger partial charge in [0.2, 0.25) is 0 Å². The number of carbonyl (C=O) groups excluding carboxylic acids is 1. The highest BCUT2D eigenvalue weighted by Crippen LogP contribution is 2.37. The Hall–Kier alpha value is -1.14. The zero-order valence-corrected chi connectivity index (χ0v) is 10.1. The molecule has 0 saturated carbocycles. The largest absolute Gasteiger partial charge is 0.469 e. The Kier molecular flexibility index (Phi) is 4.11. The van der Waals surface area contributed by atoms with Gasteiger partial charge in [0, 0.05) is 11.8 Å². The number of ketones is 1. The predicted molar refractivity (Wildman–Crippen MR) is 55.8 cm³/mol. The molecule has 0 bridgehead atoms. The number of phosphoric acid groups is 1. The van der Waals surface area contributed by atoms with Gasteiger partial charge in [-0.1, -0.05) is 0 Å².